The van der Waals surface area contributed by atoms with E-state index >= 15 is 0 Å². The molecule has 2 heterocycles. The molecule has 10 heteroatoms. The van der Waals surface area contributed by atoms with Crippen molar-refractivity contribution in [3.63, 3.8) is 0 Å². The van der Waals surface area contributed by atoms with Gasteiger partial charge in [-0.3, -0.25) is 4.79 Å². The van der Waals surface area contributed by atoms with Gasteiger partial charge in [0.2, 0.25) is 5.91 Å². The van der Waals surface area contributed by atoms with E-state index in [1.54, 1.807) is 0 Å². The number of hydrogen-bond acceptors (Lipinski definition) is 8. The first-order chi connectivity index (χ1) is 17.8. The van der Waals surface area contributed by atoms with Gasteiger partial charge in [0, 0.05) is 11.4 Å². The van der Waals surface area contributed by atoms with Crippen LogP contribution in [0.15, 0.2) is 23.4 Å². The van der Waals surface area contributed by atoms with Gasteiger partial charge in [0.1, 0.15) is 10.8 Å². The number of amides is 1. The van der Waals surface area contributed by atoms with Crippen molar-refractivity contribution in [2.24, 2.45) is 0 Å². The molecule has 0 saturated heterocycles. The predicted molar refractivity (Wildman–Crippen MR) is 147 cm³/mol. The summed E-state index contributed by atoms with van der Waals surface area (Å²) in [6.07, 6.45) is 4.75. The average Bonchev–Trinajstić information content (AvgIpc) is 3.37. The Labute approximate surface area is 226 Å². The normalized spacial score (nSPS) is 14.0. The minimum Gasteiger partial charge on any atom is -0.483 e. The molecule has 1 amide bonds. The van der Waals surface area contributed by atoms with Crippen LogP contribution < -0.4 is 10.1 Å². The number of nitrogens with one attached hydrogen (secondary N) is 1. The van der Waals surface area contributed by atoms with Gasteiger partial charge in [-0.25, -0.2) is 4.79 Å². The molecule has 4 rings (SSSR count). The Morgan fingerprint density at radius 1 is 1.16 bits per heavy atom. The Hall–Kier alpha value is -2.85. The highest BCUT2D eigenvalue weighted by Gasteiger charge is 2.26. The number of carbonyl (C=O) groups excluding carboxylic acids is 2. The average molecular weight is 543 g/mol. The second kappa shape index (κ2) is 12.1. The predicted octanol–water partition coefficient (Wildman–Crippen LogP) is 5.90. The number of benzene rings is 1. The van der Waals surface area contributed by atoms with E-state index in [1.807, 2.05) is 36.6 Å². The quantitative estimate of drug-likeness (QED) is 0.204. The Kier molecular flexibility index (Phi) is 8.91. The highest BCUT2D eigenvalue weighted by Crippen LogP contribution is 2.38. The van der Waals surface area contributed by atoms with Crippen LogP contribution in [0.2, 0.25) is 0 Å². The fraction of sp³-hybridized carbons (Fsp3) is 0.481. The number of nitrogens with zero attached hydrogens (tertiary/aromatic N) is 3. The standard InChI is InChI=1S/C27H34N4O4S2/c1-6-31-24(18(4)35-19-13-12-16(2)17(3)14-19)29-30-27(31)36-15-22(32)28-25-23(26(33)34-5)20-10-8-7-9-11-21(20)37-25/h12-14,18H,6-11,15H2,1-5H3,(H,28,32). The largest absolute Gasteiger partial charge is 0.483 e. The molecule has 0 saturated carbocycles. The van der Waals surface area contributed by atoms with Gasteiger partial charge in [-0.1, -0.05) is 24.2 Å². The summed E-state index contributed by atoms with van der Waals surface area (Å²) in [6, 6.07) is 6.02. The van der Waals surface area contributed by atoms with Crippen LogP contribution in [0.1, 0.15) is 77.0 Å². The number of anilines is 1. The first-order valence-corrected chi connectivity index (χ1v) is 14.4. The second-order valence-corrected chi connectivity index (χ2v) is 11.2. The monoisotopic (exact) mass is 542 g/mol. The van der Waals surface area contributed by atoms with Crippen molar-refractivity contribution in [3.05, 3.63) is 51.2 Å². The lowest BCUT2D eigenvalue weighted by Crippen LogP contribution is -2.17. The van der Waals surface area contributed by atoms with Crippen molar-refractivity contribution >= 4 is 40.0 Å². The molecule has 2 aromatic heterocycles. The molecule has 1 aromatic carbocycles. The summed E-state index contributed by atoms with van der Waals surface area (Å²) >= 11 is 2.81. The highest BCUT2D eigenvalue weighted by molar-refractivity contribution is 7.99. The number of fused-ring (bicyclic) bond motifs is 1. The zero-order chi connectivity index (χ0) is 26.5. The Morgan fingerprint density at radius 3 is 2.68 bits per heavy atom. The molecule has 1 atom stereocenters. The van der Waals surface area contributed by atoms with E-state index in [4.69, 9.17) is 9.47 Å². The minimum atomic E-state index is -0.393. The number of rotatable bonds is 9. The number of thiophene rings is 1. The summed E-state index contributed by atoms with van der Waals surface area (Å²) in [7, 11) is 1.38. The molecule has 8 nitrogen and oxygen atoms in total. The molecular formula is C27H34N4O4S2. The van der Waals surface area contributed by atoms with E-state index in [0.717, 1.165) is 43.4 Å². The van der Waals surface area contributed by atoms with Crippen LogP contribution in [-0.4, -0.2) is 39.5 Å². The molecule has 37 heavy (non-hydrogen) atoms. The summed E-state index contributed by atoms with van der Waals surface area (Å²) in [5.74, 6) is 1.05. The molecule has 0 fully saturated rings. The van der Waals surface area contributed by atoms with E-state index < -0.39 is 5.97 Å². The molecule has 0 radical (unpaired) electrons. The maximum atomic E-state index is 12.9. The van der Waals surface area contributed by atoms with Crippen LogP contribution in [0.25, 0.3) is 0 Å². The Balaban J connectivity index is 1.43. The van der Waals surface area contributed by atoms with Crippen molar-refractivity contribution < 1.29 is 19.1 Å². The second-order valence-electron chi connectivity index (χ2n) is 9.19. The summed E-state index contributed by atoms with van der Waals surface area (Å²) in [5, 5.41) is 12.9. The van der Waals surface area contributed by atoms with Crippen molar-refractivity contribution in [2.45, 2.75) is 77.6 Å². The first kappa shape index (κ1) is 27.2. The van der Waals surface area contributed by atoms with Gasteiger partial charge >= 0.3 is 5.97 Å². The molecule has 3 aromatic rings. The summed E-state index contributed by atoms with van der Waals surface area (Å²) in [5.41, 5.74) is 3.93. The Morgan fingerprint density at radius 2 is 1.95 bits per heavy atom. The van der Waals surface area contributed by atoms with E-state index in [1.165, 1.54) is 46.2 Å². The first-order valence-electron chi connectivity index (χ1n) is 12.6. The number of hydrogen-bond donors (Lipinski definition) is 1. The van der Waals surface area contributed by atoms with Crippen LogP contribution in [-0.2, 0) is 28.9 Å². The Bertz CT molecular complexity index is 1280. The van der Waals surface area contributed by atoms with Gasteiger partial charge in [0.25, 0.3) is 0 Å². The molecule has 1 N–H and O–H groups in total. The van der Waals surface area contributed by atoms with Crippen LogP contribution in [0.3, 0.4) is 0 Å². The van der Waals surface area contributed by atoms with Crippen molar-refractivity contribution in [1.82, 2.24) is 14.8 Å². The molecule has 1 unspecified atom stereocenters. The van der Waals surface area contributed by atoms with Crippen LogP contribution in [0, 0.1) is 13.8 Å². The third kappa shape index (κ3) is 6.18. The maximum absolute atomic E-state index is 12.9. The molecule has 0 aliphatic heterocycles. The summed E-state index contributed by atoms with van der Waals surface area (Å²) in [4.78, 5) is 26.6. The fourth-order valence-corrected chi connectivity index (χ4v) is 6.59. The van der Waals surface area contributed by atoms with Gasteiger partial charge < -0.3 is 19.4 Å². The van der Waals surface area contributed by atoms with Gasteiger partial charge in [-0.15, -0.1) is 21.5 Å². The smallest absolute Gasteiger partial charge is 0.341 e. The van der Waals surface area contributed by atoms with E-state index in [-0.39, 0.29) is 17.8 Å². The number of carbonyl (C=O) groups is 2. The van der Waals surface area contributed by atoms with Gasteiger partial charge in [0.05, 0.1) is 18.4 Å². The number of aryl methyl sites for hydroxylation is 3. The molecule has 198 valence electrons. The van der Waals surface area contributed by atoms with E-state index in [9.17, 15) is 9.59 Å². The van der Waals surface area contributed by atoms with Crippen LogP contribution in [0.5, 0.6) is 5.75 Å². The topological polar surface area (TPSA) is 95.3 Å². The zero-order valence-electron chi connectivity index (χ0n) is 22.1. The summed E-state index contributed by atoms with van der Waals surface area (Å²) < 4.78 is 13.1. The third-order valence-corrected chi connectivity index (χ3v) is 8.79. The summed E-state index contributed by atoms with van der Waals surface area (Å²) in [6.45, 7) is 8.74. The molecule has 1 aliphatic carbocycles. The van der Waals surface area contributed by atoms with E-state index in [2.05, 4.69) is 29.4 Å². The SMILES string of the molecule is CCn1c(SCC(=O)Nc2sc3c(c2C(=O)OC)CCCCC3)nnc1C(C)Oc1ccc(C)c(C)c1. The van der Waals surface area contributed by atoms with Crippen molar-refractivity contribution in [2.75, 3.05) is 18.2 Å². The number of methoxy groups -OCH3 is 1. The fourth-order valence-electron chi connectivity index (χ4n) is 4.49. The van der Waals surface area contributed by atoms with Crippen molar-refractivity contribution in [3.8, 4) is 5.75 Å². The molecule has 0 bridgehead atoms. The molecule has 1 aliphatic rings. The van der Waals surface area contributed by atoms with Gasteiger partial charge in [0.15, 0.2) is 17.1 Å². The van der Waals surface area contributed by atoms with Gasteiger partial charge in [-0.2, -0.15) is 0 Å². The third-order valence-electron chi connectivity index (χ3n) is 6.61. The van der Waals surface area contributed by atoms with E-state index in [0.29, 0.717) is 28.1 Å². The molecule has 0 spiro atoms. The number of aromatic nitrogens is 3. The number of esters is 1. The lowest BCUT2D eigenvalue weighted by molar-refractivity contribution is -0.113. The van der Waals surface area contributed by atoms with Gasteiger partial charge in [-0.05, 0) is 82.2 Å². The molecular weight excluding hydrogens is 508 g/mol. The van der Waals surface area contributed by atoms with Crippen LogP contribution >= 0.6 is 23.1 Å². The lowest BCUT2D eigenvalue weighted by atomic mass is 10.1. The zero-order valence-corrected chi connectivity index (χ0v) is 23.7. The van der Waals surface area contributed by atoms with Crippen molar-refractivity contribution in [1.29, 1.82) is 0 Å². The van der Waals surface area contributed by atoms with Crippen LogP contribution in [0.4, 0.5) is 5.00 Å². The minimum absolute atomic E-state index is 0.147. The lowest BCUT2D eigenvalue weighted by Gasteiger charge is -2.16. The number of thioether (sulfide) groups is 1. The maximum Gasteiger partial charge on any atom is 0.341 e. The highest BCUT2D eigenvalue weighted by atomic mass is 32.2. The number of ether oxygens (including phenoxy) is 2.